The molecule has 0 heterocycles. The normalized spacial score (nSPS) is 22.6. The van der Waals surface area contributed by atoms with Gasteiger partial charge in [-0.25, -0.2) is 0 Å². The second-order valence-electron chi connectivity index (χ2n) is 4.51. The topological polar surface area (TPSA) is 64.8 Å². The fraction of sp³-hybridized carbons (Fsp3) is 0.917. The number of methoxy groups -OCH3 is 2. The molecule has 0 radical (unpaired) electrons. The first-order chi connectivity index (χ1) is 8.20. The van der Waals surface area contributed by atoms with Gasteiger partial charge in [0.15, 0.2) is 0 Å². The van der Waals surface area contributed by atoms with Gasteiger partial charge in [0.1, 0.15) is 0 Å². The molecule has 0 aromatic heterocycles. The monoisotopic (exact) mass is 280 g/mol. The summed E-state index contributed by atoms with van der Waals surface area (Å²) in [5, 5.41) is 0. The number of hydrogen-bond donors (Lipinski definition) is 1. The van der Waals surface area contributed by atoms with Gasteiger partial charge in [0.05, 0.1) is 19.1 Å². The lowest BCUT2D eigenvalue weighted by Gasteiger charge is -2.26. The van der Waals surface area contributed by atoms with Gasteiger partial charge in [0.25, 0.3) is 0 Å². The van der Waals surface area contributed by atoms with Crippen LogP contribution in [0.4, 0.5) is 0 Å². The first-order valence-corrected chi connectivity index (χ1v) is 6.23. The van der Waals surface area contributed by atoms with Crippen LogP contribution in [0.5, 0.6) is 0 Å². The molecule has 1 rings (SSSR count). The highest BCUT2D eigenvalue weighted by molar-refractivity contribution is 5.85. The summed E-state index contributed by atoms with van der Waals surface area (Å²) >= 11 is 0. The van der Waals surface area contributed by atoms with E-state index in [4.69, 9.17) is 15.2 Å². The molecule has 18 heavy (non-hydrogen) atoms. The Morgan fingerprint density at radius 2 is 1.78 bits per heavy atom. The molecule has 0 spiro atoms. The summed E-state index contributed by atoms with van der Waals surface area (Å²) in [6.07, 6.45) is 2.93. The number of nitrogens with zero attached hydrogens (tertiary/aromatic N) is 1. The molecule has 1 aliphatic carbocycles. The van der Waals surface area contributed by atoms with Crippen LogP contribution < -0.4 is 5.73 Å². The van der Waals surface area contributed by atoms with E-state index < -0.39 is 0 Å². The predicted molar refractivity (Wildman–Crippen MR) is 72.9 cm³/mol. The summed E-state index contributed by atoms with van der Waals surface area (Å²) in [6.45, 7) is 2.33. The van der Waals surface area contributed by atoms with Crippen LogP contribution in [-0.2, 0) is 14.3 Å². The van der Waals surface area contributed by atoms with Gasteiger partial charge in [0, 0.05) is 33.4 Å². The van der Waals surface area contributed by atoms with E-state index in [-0.39, 0.29) is 30.3 Å². The molecule has 2 N–H and O–H groups in total. The van der Waals surface area contributed by atoms with Gasteiger partial charge < -0.3 is 20.1 Å². The predicted octanol–water partition coefficient (Wildman–Crippen LogP) is 0.657. The molecular formula is C12H25ClN2O3. The molecule has 1 saturated carbocycles. The molecule has 0 aromatic rings. The van der Waals surface area contributed by atoms with Crippen LogP contribution in [0.3, 0.4) is 0 Å². The molecule has 0 saturated heterocycles. The molecule has 2 atom stereocenters. The number of ether oxygens (including phenoxy) is 2. The third-order valence-corrected chi connectivity index (χ3v) is 3.33. The van der Waals surface area contributed by atoms with Crippen LogP contribution in [0.1, 0.15) is 19.3 Å². The van der Waals surface area contributed by atoms with Gasteiger partial charge in [0.2, 0.25) is 5.91 Å². The van der Waals surface area contributed by atoms with Crippen molar-refractivity contribution in [3.8, 4) is 0 Å². The Labute approximate surface area is 115 Å². The minimum Gasteiger partial charge on any atom is -0.383 e. The minimum atomic E-state index is -0.0105. The number of halogens is 1. The largest absolute Gasteiger partial charge is 0.383 e. The molecule has 1 aliphatic rings. The quantitative estimate of drug-likeness (QED) is 0.744. The molecule has 0 aromatic carbocycles. The molecule has 108 valence electrons. The van der Waals surface area contributed by atoms with E-state index >= 15 is 0 Å². The van der Waals surface area contributed by atoms with E-state index in [1.165, 1.54) is 0 Å². The minimum absolute atomic E-state index is 0. The number of nitrogens with two attached hydrogens (primary N) is 1. The summed E-state index contributed by atoms with van der Waals surface area (Å²) in [6, 6.07) is 0.0232. The van der Waals surface area contributed by atoms with Crippen molar-refractivity contribution in [1.29, 1.82) is 0 Å². The zero-order valence-electron chi connectivity index (χ0n) is 11.3. The van der Waals surface area contributed by atoms with Crippen LogP contribution in [0.15, 0.2) is 0 Å². The smallest absolute Gasteiger partial charge is 0.227 e. The Bertz CT molecular complexity index is 233. The summed E-state index contributed by atoms with van der Waals surface area (Å²) < 4.78 is 10.1. The average Bonchev–Trinajstić information content (AvgIpc) is 2.75. The Kier molecular flexibility index (Phi) is 9.36. The molecular weight excluding hydrogens is 256 g/mol. The Morgan fingerprint density at radius 1 is 1.22 bits per heavy atom. The summed E-state index contributed by atoms with van der Waals surface area (Å²) in [7, 11) is 3.28. The van der Waals surface area contributed by atoms with Gasteiger partial charge in [-0.05, 0) is 12.8 Å². The maximum atomic E-state index is 12.3. The zero-order chi connectivity index (χ0) is 12.7. The van der Waals surface area contributed by atoms with Gasteiger partial charge in [-0.1, -0.05) is 6.42 Å². The van der Waals surface area contributed by atoms with Gasteiger partial charge in [-0.3, -0.25) is 4.79 Å². The first-order valence-electron chi connectivity index (χ1n) is 6.23. The van der Waals surface area contributed by atoms with Crippen LogP contribution in [0.25, 0.3) is 0 Å². The number of carbonyl (C=O) groups excluding carboxylic acids is 1. The fourth-order valence-corrected chi connectivity index (χ4v) is 2.26. The van der Waals surface area contributed by atoms with Crippen LogP contribution in [0.2, 0.25) is 0 Å². The van der Waals surface area contributed by atoms with E-state index in [1.54, 1.807) is 14.2 Å². The van der Waals surface area contributed by atoms with Crippen LogP contribution >= 0.6 is 12.4 Å². The third kappa shape index (κ3) is 5.10. The van der Waals surface area contributed by atoms with E-state index in [9.17, 15) is 4.79 Å². The van der Waals surface area contributed by atoms with Crippen molar-refractivity contribution in [2.75, 3.05) is 40.5 Å². The third-order valence-electron chi connectivity index (χ3n) is 3.33. The molecule has 5 nitrogen and oxygen atoms in total. The summed E-state index contributed by atoms with van der Waals surface area (Å²) in [4.78, 5) is 14.1. The molecule has 0 aliphatic heterocycles. The molecule has 2 unspecified atom stereocenters. The first kappa shape index (κ1) is 17.6. The van der Waals surface area contributed by atoms with Crippen molar-refractivity contribution >= 4 is 18.3 Å². The Hall–Kier alpha value is -0.360. The highest BCUT2D eigenvalue weighted by atomic mass is 35.5. The van der Waals surface area contributed by atoms with Crippen molar-refractivity contribution in [2.24, 2.45) is 11.7 Å². The lowest BCUT2D eigenvalue weighted by molar-refractivity contribution is -0.137. The fourth-order valence-electron chi connectivity index (χ4n) is 2.26. The maximum absolute atomic E-state index is 12.3. The SMILES string of the molecule is COCCN(CCOC)C(=O)C1CCCC1N.Cl. The van der Waals surface area contributed by atoms with Crippen molar-refractivity contribution in [1.82, 2.24) is 4.90 Å². The van der Waals surface area contributed by atoms with Crippen molar-refractivity contribution < 1.29 is 14.3 Å². The van der Waals surface area contributed by atoms with E-state index in [0.717, 1.165) is 19.3 Å². The molecule has 1 fully saturated rings. The second-order valence-corrected chi connectivity index (χ2v) is 4.51. The summed E-state index contributed by atoms with van der Waals surface area (Å²) in [5.41, 5.74) is 5.97. The van der Waals surface area contributed by atoms with Gasteiger partial charge >= 0.3 is 0 Å². The van der Waals surface area contributed by atoms with Gasteiger partial charge in [-0.15, -0.1) is 12.4 Å². The number of rotatable bonds is 7. The van der Waals surface area contributed by atoms with Crippen molar-refractivity contribution in [2.45, 2.75) is 25.3 Å². The number of carbonyl (C=O) groups is 1. The Morgan fingerprint density at radius 3 is 2.17 bits per heavy atom. The van der Waals surface area contributed by atoms with E-state index in [1.807, 2.05) is 4.90 Å². The summed E-state index contributed by atoms with van der Waals surface area (Å²) in [5.74, 6) is 0.146. The van der Waals surface area contributed by atoms with Crippen LogP contribution in [0, 0.1) is 5.92 Å². The molecule has 0 bridgehead atoms. The highest BCUT2D eigenvalue weighted by Crippen LogP contribution is 2.25. The average molecular weight is 281 g/mol. The molecule has 6 heteroatoms. The molecule has 1 amide bonds. The van der Waals surface area contributed by atoms with E-state index in [0.29, 0.717) is 26.3 Å². The standard InChI is InChI=1S/C12H24N2O3.ClH/c1-16-8-6-14(7-9-17-2)12(15)10-4-3-5-11(10)13;/h10-11H,3-9,13H2,1-2H3;1H. The second kappa shape index (κ2) is 9.55. The maximum Gasteiger partial charge on any atom is 0.227 e. The Balaban J connectivity index is 0.00000289. The van der Waals surface area contributed by atoms with Gasteiger partial charge in [-0.2, -0.15) is 0 Å². The lowest BCUT2D eigenvalue weighted by atomic mass is 10.0. The van der Waals surface area contributed by atoms with Crippen molar-refractivity contribution in [3.05, 3.63) is 0 Å². The number of hydrogen-bond acceptors (Lipinski definition) is 4. The zero-order valence-corrected chi connectivity index (χ0v) is 12.1. The van der Waals surface area contributed by atoms with Crippen LogP contribution in [-0.4, -0.2) is 57.4 Å². The lowest BCUT2D eigenvalue weighted by Crippen LogP contribution is -2.44. The van der Waals surface area contributed by atoms with E-state index in [2.05, 4.69) is 0 Å². The highest BCUT2D eigenvalue weighted by Gasteiger charge is 2.32. The van der Waals surface area contributed by atoms with Crippen molar-refractivity contribution in [3.63, 3.8) is 0 Å². The number of amides is 1.